The first kappa shape index (κ1) is 23.1. The highest BCUT2D eigenvalue weighted by Gasteiger charge is 2.14. The molecule has 1 aromatic heterocycles. The van der Waals surface area contributed by atoms with Crippen LogP contribution in [0.2, 0.25) is 0 Å². The summed E-state index contributed by atoms with van der Waals surface area (Å²) >= 11 is 1.73. The second kappa shape index (κ2) is 11.7. The lowest BCUT2D eigenvalue weighted by atomic mass is 10.2. The van der Waals surface area contributed by atoms with Gasteiger partial charge >= 0.3 is 0 Å². The lowest BCUT2D eigenvalue weighted by molar-refractivity contribution is 0.311. The van der Waals surface area contributed by atoms with Crippen molar-refractivity contribution in [2.45, 2.75) is 4.90 Å². The number of nitrogens with one attached hydrogen (secondary N) is 3. The molecule has 0 amide bonds. The van der Waals surface area contributed by atoms with E-state index in [1.165, 1.54) is 0 Å². The first-order valence-corrected chi connectivity index (χ1v) is 11.7. The highest BCUT2D eigenvalue weighted by Crippen LogP contribution is 2.33. The third-order valence-electron chi connectivity index (χ3n) is 4.98. The zero-order valence-corrected chi connectivity index (χ0v) is 19.1. The lowest BCUT2D eigenvalue weighted by Crippen LogP contribution is -2.39. The van der Waals surface area contributed by atoms with E-state index >= 15 is 0 Å². The molecule has 1 saturated heterocycles. The molecule has 0 aliphatic carbocycles. The molecule has 0 unspecified atom stereocenters. The molecule has 9 heteroatoms. The Balaban J connectivity index is 1.42. The van der Waals surface area contributed by atoms with Gasteiger partial charge in [0, 0.05) is 61.3 Å². The largest absolute Gasteiger partial charge is 0.508 e. The molecule has 0 atom stereocenters. The van der Waals surface area contributed by atoms with Gasteiger partial charge in [0.25, 0.3) is 0 Å². The summed E-state index contributed by atoms with van der Waals surface area (Å²) in [7, 11) is 0. The molecule has 0 saturated carbocycles. The summed E-state index contributed by atoms with van der Waals surface area (Å²) in [6, 6.07) is 13.1. The van der Waals surface area contributed by atoms with Gasteiger partial charge in [-0.2, -0.15) is 0 Å². The Hall–Kier alpha value is -3.11. The minimum absolute atomic E-state index is 0.0656. The predicted octanol–water partition coefficient (Wildman–Crippen LogP) is 3.41. The predicted molar refractivity (Wildman–Crippen MR) is 135 cm³/mol. The maximum absolute atomic E-state index is 9.56. The number of nitrogens with zero attached hydrogens (tertiary/aromatic N) is 3. The summed E-state index contributed by atoms with van der Waals surface area (Å²) in [5.41, 5.74) is 3.59. The van der Waals surface area contributed by atoms with Crippen LogP contribution in [0.3, 0.4) is 0 Å². The molecule has 3 aromatic rings. The van der Waals surface area contributed by atoms with Gasteiger partial charge in [-0.3, -0.25) is 0 Å². The zero-order valence-electron chi connectivity index (χ0n) is 18.2. The van der Waals surface area contributed by atoms with Crippen molar-refractivity contribution in [1.82, 2.24) is 19.6 Å². The summed E-state index contributed by atoms with van der Waals surface area (Å²) in [5.74, 6) is 0.735. The standard InChI is InChI=1S/C24H28N6O2S/c31-13-10-26-22-15-20(6-7-23(22)33-30-11-8-25-9-12-30)29-24-27-16-19(17-28-24)5-4-18-2-1-3-21(32)14-18/h1-7,14-17,25-26,31-32H,8-13H2,(H,27,28,29)/b5-4+. The van der Waals surface area contributed by atoms with Crippen LogP contribution >= 0.6 is 11.9 Å². The van der Waals surface area contributed by atoms with Gasteiger partial charge in [0.05, 0.1) is 12.3 Å². The summed E-state index contributed by atoms with van der Waals surface area (Å²) in [6.07, 6.45) is 7.29. The van der Waals surface area contributed by atoms with Crippen molar-refractivity contribution in [2.24, 2.45) is 0 Å². The fourth-order valence-electron chi connectivity index (χ4n) is 3.33. The van der Waals surface area contributed by atoms with Gasteiger partial charge in [-0.05, 0) is 47.8 Å². The molecule has 0 spiro atoms. The minimum atomic E-state index is 0.0656. The number of aromatic hydroxyl groups is 1. The van der Waals surface area contributed by atoms with Gasteiger partial charge in [0.1, 0.15) is 5.75 Å². The van der Waals surface area contributed by atoms with Crippen LogP contribution in [0.4, 0.5) is 17.3 Å². The summed E-state index contributed by atoms with van der Waals surface area (Å²) in [5, 5.41) is 28.7. The summed E-state index contributed by atoms with van der Waals surface area (Å²) in [4.78, 5) is 9.93. The number of benzene rings is 2. The number of hydrogen-bond donors (Lipinski definition) is 5. The average Bonchev–Trinajstić information content (AvgIpc) is 2.84. The molecule has 1 aliphatic rings. The first-order chi connectivity index (χ1) is 16.2. The Morgan fingerprint density at radius 3 is 2.58 bits per heavy atom. The van der Waals surface area contributed by atoms with Gasteiger partial charge in [-0.1, -0.05) is 24.3 Å². The molecule has 1 fully saturated rings. The molecule has 33 heavy (non-hydrogen) atoms. The molecule has 0 radical (unpaired) electrons. The maximum Gasteiger partial charge on any atom is 0.227 e. The Bertz CT molecular complexity index is 1070. The zero-order chi connectivity index (χ0) is 22.9. The maximum atomic E-state index is 9.56. The fourth-order valence-corrected chi connectivity index (χ4v) is 4.33. The van der Waals surface area contributed by atoms with E-state index in [9.17, 15) is 10.2 Å². The second-order valence-corrected chi connectivity index (χ2v) is 8.66. The molecule has 0 bridgehead atoms. The normalized spacial score (nSPS) is 14.5. The highest BCUT2D eigenvalue weighted by atomic mass is 32.2. The SMILES string of the molecule is OCCNc1cc(Nc2ncc(/C=C/c3cccc(O)c3)cn2)ccc1SN1CCNCC1. The van der Waals surface area contributed by atoms with Crippen LogP contribution in [0, 0.1) is 0 Å². The lowest BCUT2D eigenvalue weighted by Gasteiger charge is -2.27. The van der Waals surface area contributed by atoms with E-state index in [4.69, 9.17) is 0 Å². The number of anilines is 3. The Morgan fingerprint density at radius 2 is 1.82 bits per heavy atom. The van der Waals surface area contributed by atoms with E-state index in [0.717, 1.165) is 53.6 Å². The van der Waals surface area contributed by atoms with Crippen LogP contribution in [0.5, 0.6) is 5.75 Å². The molecular weight excluding hydrogens is 436 g/mol. The van der Waals surface area contributed by atoms with E-state index in [2.05, 4.69) is 36.3 Å². The van der Waals surface area contributed by atoms with E-state index in [-0.39, 0.29) is 12.4 Å². The van der Waals surface area contributed by atoms with Gasteiger partial charge in [-0.25, -0.2) is 14.3 Å². The third kappa shape index (κ3) is 6.93. The van der Waals surface area contributed by atoms with Gasteiger partial charge in [-0.15, -0.1) is 0 Å². The first-order valence-electron chi connectivity index (χ1n) is 10.9. The Kier molecular flexibility index (Phi) is 8.15. The van der Waals surface area contributed by atoms with Crippen molar-refractivity contribution < 1.29 is 10.2 Å². The third-order valence-corrected chi connectivity index (χ3v) is 6.15. The van der Waals surface area contributed by atoms with Crippen LogP contribution in [0.15, 0.2) is 59.8 Å². The molecular formula is C24H28N6O2S. The van der Waals surface area contributed by atoms with Crippen molar-refractivity contribution in [2.75, 3.05) is 50.0 Å². The molecule has 2 aromatic carbocycles. The number of hydrogen-bond acceptors (Lipinski definition) is 9. The van der Waals surface area contributed by atoms with Crippen molar-refractivity contribution in [1.29, 1.82) is 0 Å². The molecule has 4 rings (SSSR count). The van der Waals surface area contributed by atoms with Crippen molar-refractivity contribution in [3.8, 4) is 5.75 Å². The molecule has 8 nitrogen and oxygen atoms in total. The monoisotopic (exact) mass is 464 g/mol. The average molecular weight is 465 g/mol. The van der Waals surface area contributed by atoms with E-state index in [0.29, 0.717) is 12.5 Å². The van der Waals surface area contributed by atoms with Crippen LogP contribution in [-0.4, -0.2) is 63.8 Å². The molecule has 172 valence electrons. The Labute approximate surface area is 197 Å². The number of phenols is 1. The smallest absolute Gasteiger partial charge is 0.227 e. The number of piperazine rings is 1. The molecule has 5 N–H and O–H groups in total. The summed E-state index contributed by atoms with van der Waals surface area (Å²) in [6.45, 7) is 4.50. The second-order valence-electron chi connectivity index (χ2n) is 7.52. The summed E-state index contributed by atoms with van der Waals surface area (Å²) < 4.78 is 2.34. The van der Waals surface area contributed by atoms with Crippen molar-refractivity contribution >= 4 is 41.4 Å². The van der Waals surface area contributed by atoms with Crippen LogP contribution < -0.4 is 16.0 Å². The van der Waals surface area contributed by atoms with Gasteiger partial charge in [0.2, 0.25) is 5.95 Å². The van der Waals surface area contributed by atoms with Crippen LogP contribution in [0.1, 0.15) is 11.1 Å². The highest BCUT2D eigenvalue weighted by molar-refractivity contribution is 7.97. The number of aliphatic hydroxyl groups excluding tert-OH is 1. The quantitative estimate of drug-likeness (QED) is 0.305. The number of aliphatic hydroxyl groups is 1. The number of aromatic nitrogens is 2. The Morgan fingerprint density at radius 1 is 1.03 bits per heavy atom. The number of rotatable bonds is 9. The van der Waals surface area contributed by atoms with E-state index in [1.54, 1.807) is 42.5 Å². The molecule has 1 aliphatic heterocycles. The number of phenolic OH excluding ortho intramolecular Hbond substituents is 1. The van der Waals surface area contributed by atoms with Crippen LogP contribution in [-0.2, 0) is 0 Å². The van der Waals surface area contributed by atoms with Crippen LogP contribution in [0.25, 0.3) is 12.2 Å². The van der Waals surface area contributed by atoms with Gasteiger partial charge < -0.3 is 26.2 Å². The molecule has 2 heterocycles. The van der Waals surface area contributed by atoms with Gasteiger partial charge in [0.15, 0.2) is 0 Å². The van der Waals surface area contributed by atoms with E-state index < -0.39 is 0 Å². The fraction of sp³-hybridized carbons (Fsp3) is 0.250. The topological polar surface area (TPSA) is 106 Å². The van der Waals surface area contributed by atoms with E-state index in [1.807, 2.05) is 30.4 Å². The van der Waals surface area contributed by atoms with Crippen molar-refractivity contribution in [3.05, 3.63) is 66.0 Å². The van der Waals surface area contributed by atoms with Crippen molar-refractivity contribution in [3.63, 3.8) is 0 Å². The minimum Gasteiger partial charge on any atom is -0.508 e.